The first-order valence-electron chi connectivity index (χ1n) is 6.90. The van der Waals surface area contributed by atoms with E-state index in [1.807, 2.05) is 12.4 Å². The molecule has 0 amide bonds. The zero-order valence-electron chi connectivity index (χ0n) is 10.7. The summed E-state index contributed by atoms with van der Waals surface area (Å²) in [5, 5.41) is 3.56. The van der Waals surface area contributed by atoms with Gasteiger partial charge < -0.3 is 5.32 Å². The first-order chi connectivity index (χ1) is 8.38. The van der Waals surface area contributed by atoms with Gasteiger partial charge in [-0.2, -0.15) is 0 Å². The first kappa shape index (κ1) is 12.3. The Morgan fingerprint density at radius 1 is 1.18 bits per heavy atom. The van der Waals surface area contributed by atoms with Crippen LogP contribution in [-0.2, 0) is 0 Å². The molecule has 0 radical (unpaired) electrons. The summed E-state index contributed by atoms with van der Waals surface area (Å²) >= 11 is 0. The van der Waals surface area contributed by atoms with Crippen molar-refractivity contribution >= 4 is 5.69 Å². The molecule has 1 heterocycles. The Labute approximate surface area is 104 Å². The van der Waals surface area contributed by atoms with Gasteiger partial charge in [0.15, 0.2) is 0 Å². The lowest BCUT2D eigenvalue weighted by atomic mass is 9.95. The van der Waals surface area contributed by atoms with Gasteiger partial charge in [0.1, 0.15) is 6.33 Å². The van der Waals surface area contributed by atoms with E-state index < -0.39 is 0 Å². The quantitative estimate of drug-likeness (QED) is 0.807. The topological polar surface area (TPSA) is 37.8 Å². The summed E-state index contributed by atoms with van der Waals surface area (Å²) in [4.78, 5) is 8.09. The molecule has 0 bridgehead atoms. The van der Waals surface area contributed by atoms with Gasteiger partial charge >= 0.3 is 0 Å². The van der Waals surface area contributed by atoms with E-state index in [1.54, 1.807) is 6.33 Å². The van der Waals surface area contributed by atoms with Crippen molar-refractivity contribution in [2.45, 2.75) is 57.9 Å². The Morgan fingerprint density at radius 3 is 2.76 bits per heavy atom. The number of anilines is 1. The predicted octanol–water partition coefficient (Wildman–Crippen LogP) is 3.64. The zero-order valence-corrected chi connectivity index (χ0v) is 10.7. The second-order valence-electron chi connectivity index (χ2n) is 5.13. The molecule has 1 N–H and O–H groups in total. The fourth-order valence-electron chi connectivity index (χ4n) is 2.83. The monoisotopic (exact) mass is 233 g/mol. The highest BCUT2D eigenvalue weighted by Crippen LogP contribution is 2.27. The third-order valence-corrected chi connectivity index (χ3v) is 3.72. The van der Waals surface area contributed by atoms with Crippen LogP contribution in [0.1, 0.15) is 51.9 Å². The van der Waals surface area contributed by atoms with Crippen LogP contribution in [0.2, 0.25) is 0 Å². The molecular weight excluding hydrogens is 210 g/mol. The predicted molar refractivity (Wildman–Crippen MR) is 70.9 cm³/mol. The highest BCUT2D eigenvalue weighted by molar-refractivity contribution is 5.38. The molecule has 0 saturated heterocycles. The third-order valence-electron chi connectivity index (χ3n) is 3.72. The second-order valence-corrected chi connectivity index (χ2v) is 5.13. The minimum Gasteiger partial charge on any atom is -0.380 e. The number of hydrogen-bond donors (Lipinski definition) is 1. The highest BCUT2D eigenvalue weighted by atomic mass is 15.0. The van der Waals surface area contributed by atoms with Crippen molar-refractivity contribution in [3.8, 4) is 0 Å². The number of aromatic nitrogens is 2. The molecule has 2 atom stereocenters. The van der Waals surface area contributed by atoms with Crippen molar-refractivity contribution in [2.24, 2.45) is 5.92 Å². The average molecular weight is 233 g/mol. The summed E-state index contributed by atoms with van der Waals surface area (Å²) in [6.07, 6.45) is 14.8. The molecule has 3 heteroatoms. The fourth-order valence-corrected chi connectivity index (χ4v) is 2.83. The van der Waals surface area contributed by atoms with Gasteiger partial charge in [-0.25, -0.2) is 9.97 Å². The van der Waals surface area contributed by atoms with E-state index in [0.717, 1.165) is 11.6 Å². The van der Waals surface area contributed by atoms with Gasteiger partial charge in [0, 0.05) is 6.04 Å². The molecule has 1 aliphatic carbocycles. The van der Waals surface area contributed by atoms with Crippen molar-refractivity contribution in [3.05, 3.63) is 18.7 Å². The number of hydrogen-bond acceptors (Lipinski definition) is 3. The molecule has 1 saturated carbocycles. The maximum Gasteiger partial charge on any atom is 0.115 e. The minimum atomic E-state index is 0.614. The number of rotatable bonds is 4. The Balaban J connectivity index is 1.83. The summed E-state index contributed by atoms with van der Waals surface area (Å²) in [5.41, 5.74) is 1.06. The molecule has 1 fully saturated rings. The highest BCUT2D eigenvalue weighted by Gasteiger charge is 2.18. The first-order valence-corrected chi connectivity index (χ1v) is 6.90. The fraction of sp³-hybridized carbons (Fsp3) is 0.714. The van der Waals surface area contributed by atoms with Gasteiger partial charge in [-0.3, -0.25) is 0 Å². The molecule has 17 heavy (non-hydrogen) atoms. The Hall–Kier alpha value is -1.12. The molecule has 2 rings (SSSR count). The molecule has 1 aliphatic rings. The summed E-state index contributed by atoms with van der Waals surface area (Å²) in [7, 11) is 0. The Bertz CT molecular complexity index is 313. The average Bonchev–Trinajstić information content (AvgIpc) is 2.57. The van der Waals surface area contributed by atoms with Crippen molar-refractivity contribution in [2.75, 3.05) is 5.32 Å². The van der Waals surface area contributed by atoms with E-state index in [0.29, 0.717) is 6.04 Å². The summed E-state index contributed by atoms with van der Waals surface area (Å²) < 4.78 is 0. The number of nitrogens with zero attached hydrogens (tertiary/aromatic N) is 2. The normalized spacial score (nSPS) is 25.2. The van der Waals surface area contributed by atoms with Gasteiger partial charge in [0.05, 0.1) is 18.1 Å². The van der Waals surface area contributed by atoms with E-state index in [-0.39, 0.29) is 0 Å². The number of nitrogens with one attached hydrogen (secondary N) is 1. The lowest BCUT2D eigenvalue weighted by Gasteiger charge is -2.17. The van der Waals surface area contributed by atoms with E-state index >= 15 is 0 Å². The SMILES string of the molecule is CCCC1CCCC(Nc2cncnc2)CC1. The van der Waals surface area contributed by atoms with Gasteiger partial charge in [0.2, 0.25) is 0 Å². The van der Waals surface area contributed by atoms with E-state index in [9.17, 15) is 0 Å². The lowest BCUT2D eigenvalue weighted by molar-refractivity contribution is 0.422. The van der Waals surface area contributed by atoms with Crippen LogP contribution in [0.5, 0.6) is 0 Å². The minimum absolute atomic E-state index is 0.614. The molecule has 94 valence electrons. The van der Waals surface area contributed by atoms with Crippen LogP contribution >= 0.6 is 0 Å². The maximum absolute atomic E-state index is 4.04. The van der Waals surface area contributed by atoms with Gasteiger partial charge in [-0.1, -0.05) is 32.6 Å². The summed E-state index contributed by atoms with van der Waals surface area (Å²) in [5.74, 6) is 0.957. The van der Waals surface area contributed by atoms with Crippen molar-refractivity contribution in [1.29, 1.82) is 0 Å². The van der Waals surface area contributed by atoms with Crippen molar-refractivity contribution in [3.63, 3.8) is 0 Å². The molecule has 1 aromatic rings. The second kappa shape index (κ2) is 6.58. The largest absolute Gasteiger partial charge is 0.380 e. The molecule has 1 aromatic heterocycles. The molecule has 3 nitrogen and oxygen atoms in total. The maximum atomic E-state index is 4.04. The molecule has 0 aromatic carbocycles. The van der Waals surface area contributed by atoms with Crippen molar-refractivity contribution in [1.82, 2.24) is 9.97 Å². The van der Waals surface area contributed by atoms with Gasteiger partial charge in [0.25, 0.3) is 0 Å². The van der Waals surface area contributed by atoms with Crippen LogP contribution in [0.4, 0.5) is 5.69 Å². The van der Waals surface area contributed by atoms with Gasteiger partial charge in [-0.05, 0) is 25.2 Å². The van der Waals surface area contributed by atoms with E-state index in [4.69, 9.17) is 0 Å². The lowest BCUT2D eigenvalue weighted by Crippen LogP contribution is -2.18. The van der Waals surface area contributed by atoms with Crippen LogP contribution < -0.4 is 5.32 Å². The smallest absolute Gasteiger partial charge is 0.115 e. The van der Waals surface area contributed by atoms with E-state index in [1.165, 1.54) is 44.9 Å². The summed E-state index contributed by atoms with van der Waals surface area (Å²) in [6, 6.07) is 0.614. The molecule has 2 unspecified atom stereocenters. The van der Waals surface area contributed by atoms with Crippen LogP contribution in [-0.4, -0.2) is 16.0 Å². The van der Waals surface area contributed by atoms with Gasteiger partial charge in [-0.15, -0.1) is 0 Å². The zero-order chi connectivity index (χ0) is 11.9. The van der Waals surface area contributed by atoms with Crippen LogP contribution in [0.3, 0.4) is 0 Å². The molecular formula is C14H23N3. The van der Waals surface area contributed by atoms with E-state index in [2.05, 4.69) is 22.2 Å². The van der Waals surface area contributed by atoms with Crippen LogP contribution in [0.15, 0.2) is 18.7 Å². The third kappa shape index (κ3) is 3.99. The standard InChI is InChI=1S/C14H23N3/c1-2-4-12-5-3-6-13(8-7-12)17-14-9-15-11-16-10-14/h9-13,17H,2-8H2,1H3. The van der Waals surface area contributed by atoms with Crippen molar-refractivity contribution < 1.29 is 0 Å². The molecule has 0 spiro atoms. The van der Waals surface area contributed by atoms with Crippen LogP contribution in [0, 0.1) is 5.92 Å². The Morgan fingerprint density at radius 2 is 2.00 bits per heavy atom. The molecule has 0 aliphatic heterocycles. The summed E-state index contributed by atoms with van der Waals surface area (Å²) in [6.45, 7) is 2.29. The van der Waals surface area contributed by atoms with Crippen LogP contribution in [0.25, 0.3) is 0 Å². The Kier molecular flexibility index (Phi) is 4.77.